The molecule has 23 heavy (non-hydrogen) atoms. The molecule has 1 unspecified atom stereocenters. The lowest BCUT2D eigenvalue weighted by atomic mass is 10.1. The molecule has 2 saturated heterocycles. The van der Waals surface area contributed by atoms with Gasteiger partial charge in [-0.15, -0.1) is 0 Å². The van der Waals surface area contributed by atoms with Crippen molar-refractivity contribution in [2.75, 3.05) is 37.7 Å². The summed E-state index contributed by atoms with van der Waals surface area (Å²) >= 11 is 1.99. The number of nitrogens with zero attached hydrogens (tertiary/aromatic N) is 3. The predicted molar refractivity (Wildman–Crippen MR) is 92.8 cm³/mol. The molecule has 1 aromatic heterocycles. The number of hydrogen-bond donors (Lipinski definition) is 0. The fourth-order valence-electron chi connectivity index (χ4n) is 3.58. The lowest BCUT2D eigenvalue weighted by Gasteiger charge is -2.32. The molecule has 128 valence electrons. The van der Waals surface area contributed by atoms with Gasteiger partial charge in [0.25, 0.3) is 0 Å². The zero-order valence-corrected chi connectivity index (χ0v) is 15.0. The van der Waals surface area contributed by atoms with Gasteiger partial charge in [-0.1, -0.05) is 5.16 Å². The van der Waals surface area contributed by atoms with E-state index in [-0.39, 0.29) is 5.91 Å². The zero-order chi connectivity index (χ0) is 16.2. The highest BCUT2D eigenvalue weighted by atomic mass is 32.2. The molecule has 1 amide bonds. The fraction of sp³-hybridized carbons (Fsp3) is 0.765. The van der Waals surface area contributed by atoms with Crippen LogP contribution in [0.3, 0.4) is 0 Å². The highest BCUT2D eigenvalue weighted by molar-refractivity contribution is 7.99. The lowest BCUT2D eigenvalue weighted by Crippen LogP contribution is -2.48. The van der Waals surface area contributed by atoms with Crippen LogP contribution in [-0.4, -0.2) is 64.6 Å². The van der Waals surface area contributed by atoms with Crippen LogP contribution >= 0.6 is 11.8 Å². The predicted octanol–water partition coefficient (Wildman–Crippen LogP) is 2.26. The van der Waals surface area contributed by atoms with Crippen LogP contribution in [0, 0.1) is 13.8 Å². The number of likely N-dealkylation sites (tertiary alicyclic amines) is 1. The molecule has 0 N–H and O–H groups in total. The molecule has 0 aliphatic carbocycles. The van der Waals surface area contributed by atoms with Crippen LogP contribution in [0.5, 0.6) is 0 Å². The maximum atomic E-state index is 12.9. The van der Waals surface area contributed by atoms with E-state index in [9.17, 15) is 4.79 Å². The van der Waals surface area contributed by atoms with Gasteiger partial charge in [0.05, 0.1) is 18.2 Å². The molecule has 5 nitrogen and oxygen atoms in total. The van der Waals surface area contributed by atoms with Crippen molar-refractivity contribution < 1.29 is 9.32 Å². The first-order valence-corrected chi connectivity index (χ1v) is 9.82. The van der Waals surface area contributed by atoms with Gasteiger partial charge in [0.1, 0.15) is 5.76 Å². The molecule has 2 aliphatic heterocycles. The van der Waals surface area contributed by atoms with Gasteiger partial charge in [-0.25, -0.2) is 0 Å². The Balaban J connectivity index is 1.69. The van der Waals surface area contributed by atoms with Gasteiger partial charge in [0.2, 0.25) is 5.91 Å². The topological polar surface area (TPSA) is 49.6 Å². The van der Waals surface area contributed by atoms with E-state index in [1.165, 1.54) is 25.9 Å². The number of hydrogen-bond acceptors (Lipinski definition) is 5. The van der Waals surface area contributed by atoms with Crippen LogP contribution < -0.4 is 0 Å². The number of amides is 1. The molecular formula is C17H27N3O2S. The summed E-state index contributed by atoms with van der Waals surface area (Å²) in [5.74, 6) is 3.22. The summed E-state index contributed by atoms with van der Waals surface area (Å²) in [6.07, 6.45) is 4.11. The summed E-state index contributed by atoms with van der Waals surface area (Å²) in [5.41, 5.74) is 1.81. The average Bonchev–Trinajstić information content (AvgIpc) is 3.07. The van der Waals surface area contributed by atoms with Crippen molar-refractivity contribution >= 4 is 17.7 Å². The Bertz CT molecular complexity index is 520. The summed E-state index contributed by atoms with van der Waals surface area (Å²) < 4.78 is 5.21. The molecule has 0 saturated carbocycles. The minimum absolute atomic E-state index is 0.228. The first-order valence-electron chi connectivity index (χ1n) is 8.66. The molecule has 3 rings (SSSR count). The van der Waals surface area contributed by atoms with Crippen LogP contribution in [0.25, 0.3) is 0 Å². The summed E-state index contributed by atoms with van der Waals surface area (Å²) in [7, 11) is 0. The molecule has 0 aromatic carbocycles. The first kappa shape index (κ1) is 16.8. The van der Waals surface area contributed by atoms with Crippen LogP contribution in [0.4, 0.5) is 0 Å². The van der Waals surface area contributed by atoms with Crippen molar-refractivity contribution in [1.29, 1.82) is 0 Å². The van der Waals surface area contributed by atoms with Crippen LogP contribution in [0.1, 0.15) is 36.3 Å². The Hall–Kier alpha value is -1.01. The van der Waals surface area contributed by atoms with Gasteiger partial charge < -0.3 is 14.3 Å². The Labute approximate surface area is 142 Å². The summed E-state index contributed by atoms with van der Waals surface area (Å²) in [4.78, 5) is 17.6. The van der Waals surface area contributed by atoms with E-state index in [4.69, 9.17) is 4.52 Å². The molecule has 2 aliphatic rings. The molecule has 3 heterocycles. The molecule has 2 fully saturated rings. The van der Waals surface area contributed by atoms with E-state index in [0.29, 0.717) is 12.5 Å². The molecule has 0 spiro atoms. The third kappa shape index (κ3) is 4.10. The van der Waals surface area contributed by atoms with E-state index in [1.807, 2.05) is 25.6 Å². The highest BCUT2D eigenvalue weighted by Gasteiger charge is 2.29. The largest absolute Gasteiger partial charge is 0.361 e. The van der Waals surface area contributed by atoms with Gasteiger partial charge in [0.15, 0.2) is 0 Å². The maximum absolute atomic E-state index is 12.9. The zero-order valence-electron chi connectivity index (χ0n) is 14.2. The monoisotopic (exact) mass is 337 g/mol. The second-order valence-electron chi connectivity index (χ2n) is 6.66. The highest BCUT2D eigenvalue weighted by Crippen LogP contribution is 2.21. The Morgan fingerprint density at radius 3 is 2.74 bits per heavy atom. The molecular weight excluding hydrogens is 310 g/mol. The summed E-state index contributed by atoms with van der Waals surface area (Å²) in [6.45, 7) is 8.09. The van der Waals surface area contributed by atoms with Crippen LogP contribution in [-0.2, 0) is 11.2 Å². The number of carbonyl (C=O) groups excluding carboxylic acids is 1. The SMILES string of the molecule is Cc1noc(C)c1CC(=O)N1CCCSCC1CN1CCCC1. The summed E-state index contributed by atoms with van der Waals surface area (Å²) in [5, 5.41) is 3.98. The summed E-state index contributed by atoms with van der Waals surface area (Å²) in [6, 6.07) is 0.341. The number of rotatable bonds is 4. The molecule has 1 atom stereocenters. The lowest BCUT2D eigenvalue weighted by molar-refractivity contribution is -0.132. The van der Waals surface area contributed by atoms with E-state index >= 15 is 0 Å². The van der Waals surface area contributed by atoms with Crippen molar-refractivity contribution in [2.45, 2.75) is 45.6 Å². The molecule has 1 aromatic rings. The minimum Gasteiger partial charge on any atom is -0.361 e. The van der Waals surface area contributed by atoms with E-state index in [2.05, 4.69) is 15.0 Å². The van der Waals surface area contributed by atoms with Crippen LogP contribution in [0.2, 0.25) is 0 Å². The van der Waals surface area contributed by atoms with E-state index in [0.717, 1.165) is 48.0 Å². The molecule has 0 bridgehead atoms. The van der Waals surface area contributed by atoms with Crippen molar-refractivity contribution in [3.05, 3.63) is 17.0 Å². The van der Waals surface area contributed by atoms with Gasteiger partial charge in [0, 0.05) is 24.4 Å². The van der Waals surface area contributed by atoms with Crippen molar-refractivity contribution in [3.8, 4) is 0 Å². The number of aryl methyl sites for hydroxylation is 2. The van der Waals surface area contributed by atoms with Gasteiger partial charge in [-0.05, 0) is 52.0 Å². The van der Waals surface area contributed by atoms with Gasteiger partial charge in [-0.2, -0.15) is 11.8 Å². The third-order valence-corrected chi connectivity index (χ3v) is 6.13. The maximum Gasteiger partial charge on any atom is 0.227 e. The van der Waals surface area contributed by atoms with Crippen molar-refractivity contribution in [3.63, 3.8) is 0 Å². The number of aromatic nitrogens is 1. The normalized spacial score (nSPS) is 23.2. The smallest absolute Gasteiger partial charge is 0.227 e. The fourth-order valence-corrected chi connectivity index (χ4v) is 4.64. The quantitative estimate of drug-likeness (QED) is 0.843. The first-order chi connectivity index (χ1) is 11.1. The van der Waals surface area contributed by atoms with Gasteiger partial charge >= 0.3 is 0 Å². The van der Waals surface area contributed by atoms with Gasteiger partial charge in [-0.3, -0.25) is 4.79 Å². The Morgan fingerprint density at radius 1 is 1.26 bits per heavy atom. The standard InChI is InChI=1S/C17H27N3O2S/c1-13-16(14(2)22-18-13)10-17(21)20-8-5-9-23-12-15(20)11-19-6-3-4-7-19/h15H,3-12H2,1-2H3. The van der Waals surface area contributed by atoms with Crippen molar-refractivity contribution in [2.24, 2.45) is 0 Å². The average molecular weight is 337 g/mol. The molecule has 0 radical (unpaired) electrons. The third-order valence-electron chi connectivity index (χ3n) is 4.94. The van der Waals surface area contributed by atoms with Crippen molar-refractivity contribution in [1.82, 2.24) is 15.0 Å². The van der Waals surface area contributed by atoms with Crippen LogP contribution in [0.15, 0.2) is 4.52 Å². The number of thioether (sulfide) groups is 1. The Morgan fingerprint density at radius 2 is 2.04 bits per heavy atom. The van der Waals surface area contributed by atoms with E-state index < -0.39 is 0 Å². The second kappa shape index (κ2) is 7.71. The second-order valence-corrected chi connectivity index (χ2v) is 7.81. The minimum atomic E-state index is 0.228. The molecule has 6 heteroatoms. The Kier molecular flexibility index (Phi) is 5.64. The number of carbonyl (C=O) groups is 1. The van der Waals surface area contributed by atoms with E-state index in [1.54, 1.807) is 0 Å².